The molecule has 8 heteroatoms. The molecule has 116 valence electrons. The van der Waals surface area contributed by atoms with Gasteiger partial charge in [-0.2, -0.15) is 0 Å². The van der Waals surface area contributed by atoms with Gasteiger partial charge in [0.15, 0.2) is 0 Å². The lowest BCUT2D eigenvalue weighted by molar-refractivity contribution is -0.385. The zero-order valence-electron chi connectivity index (χ0n) is 12.2. The Morgan fingerprint density at radius 2 is 2.24 bits per heavy atom. The number of carbonyl (C=O) groups is 1. The van der Waals surface area contributed by atoms with E-state index in [1.54, 1.807) is 7.05 Å². The standard InChI is InChI=1S/C13H20N4O4/c1-3-4-5-16(6-7-18)13(19)11-8-10(17(20)21)9-15-12(11)14-2/h8-9,18H,3-7H2,1-2H3,(H,14,15). The number of nitrogens with zero attached hydrogens (tertiary/aromatic N) is 3. The van der Waals surface area contributed by atoms with Gasteiger partial charge in [-0.1, -0.05) is 13.3 Å². The van der Waals surface area contributed by atoms with Crippen molar-refractivity contribution in [2.75, 3.05) is 32.1 Å². The van der Waals surface area contributed by atoms with Gasteiger partial charge in [-0.15, -0.1) is 0 Å². The van der Waals surface area contributed by atoms with Gasteiger partial charge < -0.3 is 15.3 Å². The number of hydrogen-bond acceptors (Lipinski definition) is 6. The van der Waals surface area contributed by atoms with Crippen molar-refractivity contribution < 1.29 is 14.8 Å². The molecule has 2 N–H and O–H groups in total. The number of carbonyl (C=O) groups excluding carboxylic acids is 1. The maximum absolute atomic E-state index is 12.5. The fourth-order valence-corrected chi connectivity index (χ4v) is 1.87. The highest BCUT2D eigenvalue weighted by atomic mass is 16.6. The average molecular weight is 296 g/mol. The lowest BCUT2D eigenvalue weighted by atomic mass is 10.2. The van der Waals surface area contributed by atoms with Gasteiger partial charge in [0.1, 0.15) is 12.0 Å². The van der Waals surface area contributed by atoms with E-state index >= 15 is 0 Å². The summed E-state index contributed by atoms with van der Waals surface area (Å²) in [4.78, 5) is 28.1. The minimum Gasteiger partial charge on any atom is -0.395 e. The third-order valence-electron chi connectivity index (χ3n) is 2.99. The second-order valence-electron chi connectivity index (χ2n) is 4.47. The Balaban J connectivity index is 3.11. The molecule has 0 aliphatic carbocycles. The van der Waals surface area contributed by atoms with Crippen molar-refractivity contribution in [3.05, 3.63) is 27.9 Å². The van der Waals surface area contributed by atoms with Crippen LogP contribution in [0.25, 0.3) is 0 Å². The number of anilines is 1. The molecule has 0 aliphatic rings. The van der Waals surface area contributed by atoms with Crippen LogP contribution in [0.1, 0.15) is 30.1 Å². The Bertz CT molecular complexity index is 507. The van der Waals surface area contributed by atoms with Gasteiger partial charge in [-0.3, -0.25) is 14.9 Å². The van der Waals surface area contributed by atoms with Gasteiger partial charge in [0, 0.05) is 26.2 Å². The second-order valence-corrected chi connectivity index (χ2v) is 4.47. The number of aliphatic hydroxyl groups excluding tert-OH is 1. The first-order valence-electron chi connectivity index (χ1n) is 6.77. The molecule has 0 spiro atoms. The van der Waals surface area contributed by atoms with Gasteiger partial charge in [0.2, 0.25) is 0 Å². The number of unbranched alkanes of at least 4 members (excludes halogenated alkanes) is 1. The third kappa shape index (κ3) is 4.38. The normalized spacial score (nSPS) is 10.2. The predicted octanol–water partition coefficient (Wildman–Crippen LogP) is 1.27. The van der Waals surface area contributed by atoms with E-state index in [-0.39, 0.29) is 36.1 Å². The fraction of sp³-hybridized carbons (Fsp3) is 0.538. The van der Waals surface area contributed by atoms with E-state index in [1.807, 2.05) is 6.92 Å². The van der Waals surface area contributed by atoms with Crippen molar-refractivity contribution in [3.8, 4) is 0 Å². The molecular weight excluding hydrogens is 276 g/mol. The van der Waals surface area contributed by atoms with Crippen LogP contribution >= 0.6 is 0 Å². The Labute approximate surface area is 122 Å². The Morgan fingerprint density at radius 3 is 2.76 bits per heavy atom. The molecule has 0 aliphatic heterocycles. The van der Waals surface area contributed by atoms with Crippen molar-refractivity contribution >= 4 is 17.4 Å². The monoisotopic (exact) mass is 296 g/mol. The van der Waals surface area contributed by atoms with Gasteiger partial charge in [-0.05, 0) is 6.42 Å². The van der Waals surface area contributed by atoms with Crippen LogP contribution < -0.4 is 5.32 Å². The summed E-state index contributed by atoms with van der Waals surface area (Å²) in [5.41, 5.74) is -0.104. The maximum Gasteiger partial charge on any atom is 0.288 e. The van der Waals surface area contributed by atoms with Crippen molar-refractivity contribution in [2.45, 2.75) is 19.8 Å². The van der Waals surface area contributed by atoms with Crippen LogP contribution in [0.3, 0.4) is 0 Å². The number of amides is 1. The number of pyridine rings is 1. The van der Waals surface area contributed by atoms with E-state index in [4.69, 9.17) is 5.11 Å². The molecule has 0 radical (unpaired) electrons. The highest BCUT2D eigenvalue weighted by molar-refractivity contribution is 5.99. The predicted molar refractivity (Wildman–Crippen MR) is 78.3 cm³/mol. The molecule has 0 fully saturated rings. The third-order valence-corrected chi connectivity index (χ3v) is 2.99. The molecule has 0 saturated heterocycles. The molecule has 1 amide bonds. The lowest BCUT2D eigenvalue weighted by Crippen LogP contribution is -2.35. The summed E-state index contributed by atoms with van der Waals surface area (Å²) < 4.78 is 0. The van der Waals surface area contributed by atoms with E-state index in [9.17, 15) is 14.9 Å². The fourth-order valence-electron chi connectivity index (χ4n) is 1.87. The smallest absolute Gasteiger partial charge is 0.288 e. The number of aliphatic hydroxyl groups is 1. The highest BCUT2D eigenvalue weighted by Crippen LogP contribution is 2.20. The molecule has 0 unspecified atom stereocenters. The minimum absolute atomic E-state index is 0.135. The summed E-state index contributed by atoms with van der Waals surface area (Å²) in [7, 11) is 1.59. The summed E-state index contributed by atoms with van der Waals surface area (Å²) in [6, 6.07) is 1.21. The molecular formula is C13H20N4O4. The average Bonchev–Trinajstić information content (AvgIpc) is 2.49. The molecule has 0 bridgehead atoms. The quantitative estimate of drug-likeness (QED) is 0.552. The molecule has 1 aromatic heterocycles. The van der Waals surface area contributed by atoms with Gasteiger partial charge >= 0.3 is 0 Å². The second kappa shape index (κ2) is 8.15. The number of aromatic nitrogens is 1. The molecule has 1 rings (SSSR count). The van der Waals surface area contributed by atoms with Crippen molar-refractivity contribution in [2.24, 2.45) is 0 Å². The van der Waals surface area contributed by atoms with E-state index in [0.717, 1.165) is 19.0 Å². The van der Waals surface area contributed by atoms with Crippen LogP contribution in [0.4, 0.5) is 11.5 Å². The Morgan fingerprint density at radius 1 is 1.52 bits per heavy atom. The Kier molecular flexibility index (Phi) is 6.54. The molecule has 0 saturated carbocycles. The zero-order valence-corrected chi connectivity index (χ0v) is 12.2. The maximum atomic E-state index is 12.5. The van der Waals surface area contributed by atoms with E-state index in [2.05, 4.69) is 10.3 Å². The molecule has 21 heavy (non-hydrogen) atoms. The molecule has 8 nitrogen and oxygen atoms in total. The van der Waals surface area contributed by atoms with Crippen LogP contribution in [-0.4, -0.2) is 52.6 Å². The van der Waals surface area contributed by atoms with Crippen LogP contribution in [0, 0.1) is 10.1 Å². The first-order chi connectivity index (χ1) is 10.0. The minimum atomic E-state index is -0.592. The summed E-state index contributed by atoms with van der Waals surface area (Å²) in [6.07, 6.45) is 2.80. The topological polar surface area (TPSA) is 109 Å². The summed E-state index contributed by atoms with van der Waals surface area (Å²) in [5, 5.41) is 22.6. The van der Waals surface area contributed by atoms with Crippen LogP contribution in [0.15, 0.2) is 12.3 Å². The first-order valence-corrected chi connectivity index (χ1v) is 6.77. The molecule has 0 atom stereocenters. The molecule has 1 heterocycles. The van der Waals surface area contributed by atoms with E-state index in [1.165, 1.54) is 11.0 Å². The Hall–Kier alpha value is -2.22. The SMILES string of the molecule is CCCCN(CCO)C(=O)c1cc([N+](=O)[O-])cnc1NC. The van der Waals surface area contributed by atoms with Crippen molar-refractivity contribution in [3.63, 3.8) is 0 Å². The van der Waals surface area contributed by atoms with Gasteiger partial charge in [-0.25, -0.2) is 4.98 Å². The molecule has 0 aromatic carbocycles. The number of rotatable bonds is 8. The van der Waals surface area contributed by atoms with E-state index in [0.29, 0.717) is 6.54 Å². The van der Waals surface area contributed by atoms with Crippen molar-refractivity contribution in [1.82, 2.24) is 9.88 Å². The molecule has 1 aromatic rings. The zero-order chi connectivity index (χ0) is 15.8. The first kappa shape index (κ1) is 16.8. The number of hydrogen-bond donors (Lipinski definition) is 2. The summed E-state index contributed by atoms with van der Waals surface area (Å²) in [6.45, 7) is 2.51. The van der Waals surface area contributed by atoms with Crippen molar-refractivity contribution in [1.29, 1.82) is 0 Å². The number of nitrogens with one attached hydrogen (secondary N) is 1. The van der Waals surface area contributed by atoms with Gasteiger partial charge in [0.05, 0.1) is 17.1 Å². The van der Waals surface area contributed by atoms with Gasteiger partial charge in [0.25, 0.3) is 11.6 Å². The summed E-state index contributed by atoms with van der Waals surface area (Å²) in [5.74, 6) is -0.0944. The van der Waals surface area contributed by atoms with E-state index < -0.39 is 4.92 Å². The lowest BCUT2D eigenvalue weighted by Gasteiger charge is -2.22. The van der Waals surface area contributed by atoms with Crippen LogP contribution in [0.5, 0.6) is 0 Å². The number of nitro groups is 1. The highest BCUT2D eigenvalue weighted by Gasteiger charge is 2.22. The van der Waals surface area contributed by atoms with Crippen LogP contribution in [0.2, 0.25) is 0 Å². The largest absolute Gasteiger partial charge is 0.395 e. The summed E-state index contributed by atoms with van der Waals surface area (Å²) >= 11 is 0. The van der Waals surface area contributed by atoms with Crippen LogP contribution in [-0.2, 0) is 0 Å².